The number of halogens is 2. The lowest BCUT2D eigenvalue weighted by atomic mass is 10.0. The molecule has 0 atom stereocenters. The first kappa shape index (κ1) is 13.2. The van der Waals surface area contributed by atoms with E-state index in [2.05, 4.69) is 10.2 Å². The second-order valence-corrected chi connectivity index (χ2v) is 4.24. The minimum Gasteiger partial charge on any atom is -0.476 e. The first-order chi connectivity index (χ1) is 8.91. The van der Waals surface area contributed by atoms with E-state index in [1.165, 1.54) is 12.1 Å². The number of aromatic nitrogens is 2. The third kappa shape index (κ3) is 2.34. The minimum atomic E-state index is -1.43. The standard InChI is InChI=1S/C12H8ClFN2O3/c1-5-9(6-2-3-8(14)7(13)4-6)11(17)10(12(18)19)16-15-5/h2-4H,1H3,(H,15,17)(H,18,19). The predicted octanol–water partition coefficient (Wildman–Crippen LogP) is 2.24. The third-order valence-electron chi connectivity index (χ3n) is 2.56. The van der Waals surface area contributed by atoms with Gasteiger partial charge in [0.25, 0.3) is 0 Å². The molecule has 1 aromatic carbocycles. The molecule has 1 aromatic heterocycles. The number of rotatable bonds is 2. The fraction of sp³-hybridized carbons (Fsp3) is 0.0833. The normalized spacial score (nSPS) is 10.5. The Bertz CT molecular complexity index is 727. The Balaban J connectivity index is 2.74. The van der Waals surface area contributed by atoms with E-state index in [1.54, 1.807) is 6.92 Å². The van der Waals surface area contributed by atoms with Gasteiger partial charge in [-0.2, -0.15) is 5.10 Å². The molecule has 0 saturated carbocycles. The second kappa shape index (κ2) is 4.81. The van der Waals surface area contributed by atoms with Gasteiger partial charge in [-0.25, -0.2) is 9.18 Å². The number of hydrogen-bond acceptors (Lipinski definition) is 3. The van der Waals surface area contributed by atoms with Crippen molar-refractivity contribution in [3.05, 3.63) is 50.7 Å². The maximum atomic E-state index is 13.1. The van der Waals surface area contributed by atoms with Crippen LogP contribution in [0.25, 0.3) is 11.1 Å². The van der Waals surface area contributed by atoms with Crippen molar-refractivity contribution in [3.8, 4) is 11.1 Å². The van der Waals surface area contributed by atoms with Crippen LogP contribution < -0.4 is 5.43 Å². The molecular formula is C12H8ClFN2O3. The predicted molar refractivity (Wildman–Crippen MR) is 67.0 cm³/mol. The van der Waals surface area contributed by atoms with Crippen LogP contribution in [-0.2, 0) is 0 Å². The SMILES string of the molecule is Cc1[nH]nc(C(=O)O)c(=O)c1-c1ccc(F)c(Cl)c1. The number of aryl methyl sites for hydroxylation is 1. The molecule has 1 heterocycles. The lowest BCUT2D eigenvalue weighted by molar-refractivity contribution is 0.0687. The minimum absolute atomic E-state index is 0.106. The van der Waals surface area contributed by atoms with Crippen LogP contribution in [-0.4, -0.2) is 21.3 Å². The number of aromatic carboxylic acids is 1. The van der Waals surface area contributed by atoms with Crippen molar-refractivity contribution in [2.24, 2.45) is 0 Å². The number of benzene rings is 1. The lowest BCUT2D eigenvalue weighted by Gasteiger charge is -2.06. The highest BCUT2D eigenvalue weighted by molar-refractivity contribution is 6.31. The highest BCUT2D eigenvalue weighted by atomic mass is 35.5. The fourth-order valence-corrected chi connectivity index (χ4v) is 1.86. The highest BCUT2D eigenvalue weighted by Crippen LogP contribution is 2.24. The molecule has 98 valence electrons. The van der Waals surface area contributed by atoms with Crippen molar-refractivity contribution in [3.63, 3.8) is 0 Å². The van der Waals surface area contributed by atoms with Crippen molar-refractivity contribution >= 4 is 17.6 Å². The molecule has 5 nitrogen and oxygen atoms in total. The summed E-state index contributed by atoms with van der Waals surface area (Å²) in [5, 5.41) is 14.6. The molecule has 0 aliphatic heterocycles. The maximum Gasteiger partial charge on any atom is 0.360 e. The van der Waals surface area contributed by atoms with Gasteiger partial charge in [-0.3, -0.25) is 9.89 Å². The molecular weight excluding hydrogens is 275 g/mol. The summed E-state index contributed by atoms with van der Waals surface area (Å²) in [6, 6.07) is 3.72. The molecule has 2 aromatic rings. The summed E-state index contributed by atoms with van der Waals surface area (Å²) in [5.41, 5.74) is -0.561. The summed E-state index contributed by atoms with van der Waals surface area (Å²) in [4.78, 5) is 22.9. The largest absolute Gasteiger partial charge is 0.476 e. The van der Waals surface area contributed by atoms with E-state index in [9.17, 15) is 14.0 Å². The number of hydrogen-bond donors (Lipinski definition) is 2. The van der Waals surface area contributed by atoms with Crippen LogP contribution in [0, 0.1) is 12.7 Å². The summed E-state index contributed by atoms with van der Waals surface area (Å²) in [6.07, 6.45) is 0. The van der Waals surface area contributed by atoms with Crippen LogP contribution in [0.2, 0.25) is 5.02 Å². The first-order valence-electron chi connectivity index (χ1n) is 5.20. The Kier molecular flexibility index (Phi) is 3.35. The van der Waals surface area contributed by atoms with E-state index in [0.29, 0.717) is 11.3 Å². The molecule has 0 spiro atoms. The Morgan fingerprint density at radius 1 is 1.47 bits per heavy atom. The van der Waals surface area contributed by atoms with Gasteiger partial charge in [0.05, 0.1) is 10.6 Å². The molecule has 2 rings (SSSR count). The number of carboxylic acid groups (broad SMARTS) is 1. The summed E-state index contributed by atoms with van der Waals surface area (Å²) in [6.45, 7) is 1.56. The summed E-state index contributed by atoms with van der Waals surface area (Å²) < 4.78 is 13.1. The van der Waals surface area contributed by atoms with Crippen molar-refractivity contribution < 1.29 is 14.3 Å². The number of nitrogens with zero attached hydrogens (tertiary/aromatic N) is 1. The average molecular weight is 283 g/mol. The van der Waals surface area contributed by atoms with Crippen LogP contribution in [0.5, 0.6) is 0 Å². The van der Waals surface area contributed by atoms with Crippen LogP contribution >= 0.6 is 11.6 Å². The Labute approximate surface area is 111 Å². The molecule has 0 radical (unpaired) electrons. The molecule has 19 heavy (non-hydrogen) atoms. The van der Waals surface area contributed by atoms with Crippen molar-refractivity contribution in [2.45, 2.75) is 6.92 Å². The average Bonchev–Trinajstić information content (AvgIpc) is 2.33. The van der Waals surface area contributed by atoms with Gasteiger partial charge in [-0.05, 0) is 24.6 Å². The van der Waals surface area contributed by atoms with E-state index < -0.39 is 22.9 Å². The summed E-state index contributed by atoms with van der Waals surface area (Å²) >= 11 is 5.65. The third-order valence-corrected chi connectivity index (χ3v) is 2.85. The Morgan fingerprint density at radius 3 is 2.74 bits per heavy atom. The van der Waals surface area contributed by atoms with Crippen molar-refractivity contribution in [2.75, 3.05) is 0 Å². The Hall–Kier alpha value is -2.21. The molecule has 0 aliphatic rings. The zero-order valence-electron chi connectivity index (χ0n) is 9.70. The molecule has 0 bridgehead atoms. The number of aromatic amines is 1. The molecule has 2 N–H and O–H groups in total. The zero-order chi connectivity index (χ0) is 14.2. The Morgan fingerprint density at radius 2 is 2.16 bits per heavy atom. The smallest absolute Gasteiger partial charge is 0.360 e. The van der Waals surface area contributed by atoms with Crippen molar-refractivity contribution in [1.29, 1.82) is 0 Å². The summed E-state index contributed by atoms with van der Waals surface area (Å²) in [7, 11) is 0. The van der Waals surface area contributed by atoms with Crippen molar-refractivity contribution in [1.82, 2.24) is 10.2 Å². The quantitative estimate of drug-likeness (QED) is 0.885. The molecule has 0 unspecified atom stereocenters. The van der Waals surface area contributed by atoms with Gasteiger partial charge in [-0.1, -0.05) is 17.7 Å². The summed E-state index contributed by atoms with van der Waals surface area (Å²) in [5.74, 6) is -2.05. The molecule has 7 heteroatoms. The maximum absolute atomic E-state index is 13.1. The fourth-order valence-electron chi connectivity index (χ4n) is 1.68. The number of nitrogens with one attached hydrogen (secondary N) is 1. The molecule has 0 saturated heterocycles. The monoisotopic (exact) mass is 282 g/mol. The molecule has 0 aliphatic carbocycles. The topological polar surface area (TPSA) is 83.1 Å². The van der Waals surface area contributed by atoms with Gasteiger partial charge in [0.1, 0.15) is 5.82 Å². The zero-order valence-corrected chi connectivity index (χ0v) is 10.5. The van der Waals surface area contributed by atoms with Crippen LogP contribution in [0.3, 0.4) is 0 Å². The van der Waals surface area contributed by atoms with Gasteiger partial charge in [0.15, 0.2) is 0 Å². The van der Waals surface area contributed by atoms with Gasteiger partial charge in [-0.15, -0.1) is 0 Å². The molecule has 0 fully saturated rings. The van der Waals surface area contributed by atoms with Gasteiger partial charge >= 0.3 is 5.97 Å². The second-order valence-electron chi connectivity index (χ2n) is 3.84. The van der Waals surface area contributed by atoms with E-state index in [-0.39, 0.29) is 10.6 Å². The van der Waals surface area contributed by atoms with E-state index >= 15 is 0 Å². The van der Waals surface area contributed by atoms with Crippen LogP contribution in [0.1, 0.15) is 16.2 Å². The number of carbonyl (C=O) groups is 1. The van der Waals surface area contributed by atoms with E-state index in [4.69, 9.17) is 16.7 Å². The lowest BCUT2D eigenvalue weighted by Crippen LogP contribution is -2.21. The van der Waals surface area contributed by atoms with Crippen LogP contribution in [0.15, 0.2) is 23.0 Å². The highest BCUT2D eigenvalue weighted by Gasteiger charge is 2.18. The van der Waals surface area contributed by atoms with Gasteiger partial charge in [0, 0.05) is 5.69 Å². The molecule has 0 amide bonds. The van der Waals surface area contributed by atoms with E-state index in [1.807, 2.05) is 0 Å². The van der Waals surface area contributed by atoms with Gasteiger partial charge in [0.2, 0.25) is 11.1 Å². The number of H-pyrrole nitrogens is 1. The number of carboxylic acids is 1. The van der Waals surface area contributed by atoms with Gasteiger partial charge < -0.3 is 5.11 Å². The van der Waals surface area contributed by atoms with Crippen LogP contribution in [0.4, 0.5) is 4.39 Å². The first-order valence-corrected chi connectivity index (χ1v) is 5.57. The van der Waals surface area contributed by atoms with E-state index in [0.717, 1.165) is 6.07 Å².